The zero-order valence-electron chi connectivity index (χ0n) is 17.0. The summed E-state index contributed by atoms with van der Waals surface area (Å²) < 4.78 is 24.2. The van der Waals surface area contributed by atoms with Crippen LogP contribution in [0, 0.1) is 5.82 Å². The van der Waals surface area contributed by atoms with Gasteiger partial charge in [-0.2, -0.15) is 0 Å². The molecule has 1 aromatic rings. The van der Waals surface area contributed by atoms with E-state index in [0.29, 0.717) is 6.54 Å². The molecular weight excluding hydrogens is 486 g/mol. The fourth-order valence-electron chi connectivity index (χ4n) is 3.58. The highest BCUT2D eigenvalue weighted by molar-refractivity contribution is 14.0. The number of nitrogens with one attached hydrogen (secondary N) is 2. The summed E-state index contributed by atoms with van der Waals surface area (Å²) in [6.45, 7) is 6.26. The fraction of sp³-hybridized carbons (Fsp3) is 0.571. The number of guanidine groups is 1. The molecule has 2 aliphatic heterocycles. The summed E-state index contributed by atoms with van der Waals surface area (Å²) in [5.74, 6) is 0.574. The Bertz CT molecular complexity index is 663. The van der Waals surface area contributed by atoms with Gasteiger partial charge in [-0.15, -0.1) is 24.0 Å². The lowest BCUT2D eigenvalue weighted by Gasteiger charge is -2.35. The molecule has 2 N–H and O–H groups in total. The Morgan fingerprint density at radius 3 is 2.55 bits per heavy atom. The van der Waals surface area contributed by atoms with E-state index in [2.05, 4.69) is 26.6 Å². The minimum atomic E-state index is -0.211. The molecule has 1 aromatic carbocycles. The van der Waals surface area contributed by atoms with Gasteiger partial charge in [0.25, 0.3) is 0 Å². The van der Waals surface area contributed by atoms with Crippen molar-refractivity contribution in [2.75, 3.05) is 59.7 Å². The summed E-state index contributed by atoms with van der Waals surface area (Å²) in [5.41, 5.74) is 2.53. The summed E-state index contributed by atoms with van der Waals surface area (Å²) in [4.78, 5) is 6.72. The number of rotatable bonds is 7. The van der Waals surface area contributed by atoms with Crippen LogP contribution in [0.1, 0.15) is 24.4 Å². The zero-order chi connectivity index (χ0) is 19.6. The Morgan fingerprint density at radius 1 is 1.14 bits per heavy atom. The van der Waals surface area contributed by atoms with Gasteiger partial charge in [0.1, 0.15) is 5.82 Å². The molecule has 6 nitrogen and oxygen atoms in total. The molecule has 0 spiro atoms. The average Bonchev–Trinajstić information content (AvgIpc) is 2.75. The SMILES string of the molecule is CN=C(NCCC1=CCOCC1)NCC(c1ccc(F)cc1)N1CCOCC1.I. The third-order valence-corrected chi connectivity index (χ3v) is 5.22. The van der Waals surface area contributed by atoms with Crippen LogP contribution in [0.15, 0.2) is 40.9 Å². The largest absolute Gasteiger partial charge is 0.379 e. The number of morpholine rings is 1. The lowest BCUT2D eigenvalue weighted by atomic mass is 10.0. The van der Waals surface area contributed by atoms with Gasteiger partial charge < -0.3 is 20.1 Å². The fourth-order valence-corrected chi connectivity index (χ4v) is 3.58. The van der Waals surface area contributed by atoms with Crippen molar-refractivity contribution in [1.82, 2.24) is 15.5 Å². The summed E-state index contributed by atoms with van der Waals surface area (Å²) in [7, 11) is 1.78. The van der Waals surface area contributed by atoms with Crippen LogP contribution >= 0.6 is 24.0 Å². The van der Waals surface area contributed by atoms with Crippen molar-refractivity contribution in [3.8, 4) is 0 Å². The lowest BCUT2D eigenvalue weighted by Crippen LogP contribution is -2.46. The van der Waals surface area contributed by atoms with Gasteiger partial charge >= 0.3 is 0 Å². The summed E-state index contributed by atoms with van der Waals surface area (Å²) in [5, 5.41) is 6.83. The molecule has 0 bridgehead atoms. The normalized spacial score (nSPS) is 19.1. The monoisotopic (exact) mass is 518 g/mol. The first kappa shape index (κ1) is 24.0. The Kier molecular flexibility index (Phi) is 10.9. The van der Waals surface area contributed by atoms with Crippen LogP contribution < -0.4 is 10.6 Å². The molecule has 1 fully saturated rings. The standard InChI is InChI=1S/C21H31FN4O2.HI/c1-23-21(24-9-6-17-7-12-27-13-8-17)25-16-20(26-10-14-28-15-11-26)18-2-4-19(22)5-3-18;/h2-5,7,20H,6,8-16H2,1H3,(H2,23,24,25);1H. The van der Waals surface area contributed by atoms with Crippen molar-refractivity contribution in [2.24, 2.45) is 4.99 Å². The van der Waals surface area contributed by atoms with Gasteiger partial charge in [0.2, 0.25) is 0 Å². The van der Waals surface area contributed by atoms with E-state index in [1.807, 2.05) is 12.1 Å². The first-order valence-corrected chi connectivity index (χ1v) is 10.0. The van der Waals surface area contributed by atoms with Gasteiger partial charge in [-0.05, 0) is 30.5 Å². The highest BCUT2D eigenvalue weighted by atomic mass is 127. The molecule has 0 aromatic heterocycles. The third kappa shape index (κ3) is 7.84. The van der Waals surface area contributed by atoms with Gasteiger partial charge in [0.15, 0.2) is 5.96 Å². The Labute approximate surface area is 189 Å². The maximum absolute atomic E-state index is 13.4. The van der Waals surface area contributed by atoms with Crippen LogP contribution in [0.5, 0.6) is 0 Å². The summed E-state index contributed by atoms with van der Waals surface area (Å²) in [6.07, 6.45) is 4.18. The van der Waals surface area contributed by atoms with E-state index in [1.165, 1.54) is 17.7 Å². The van der Waals surface area contributed by atoms with Crippen molar-refractivity contribution >= 4 is 29.9 Å². The molecule has 1 saturated heterocycles. The van der Waals surface area contributed by atoms with Crippen LogP contribution in [-0.2, 0) is 9.47 Å². The molecule has 2 heterocycles. The number of ether oxygens (including phenoxy) is 2. The molecule has 1 unspecified atom stereocenters. The average molecular weight is 518 g/mol. The number of hydrogen-bond donors (Lipinski definition) is 2. The lowest BCUT2D eigenvalue weighted by molar-refractivity contribution is 0.0170. The summed E-state index contributed by atoms with van der Waals surface area (Å²) in [6, 6.07) is 6.92. The van der Waals surface area contributed by atoms with Crippen molar-refractivity contribution in [3.05, 3.63) is 47.3 Å². The number of benzene rings is 1. The van der Waals surface area contributed by atoms with E-state index >= 15 is 0 Å². The minimum Gasteiger partial charge on any atom is -0.379 e. The second-order valence-electron chi connectivity index (χ2n) is 7.03. The molecule has 0 amide bonds. The Morgan fingerprint density at radius 2 is 1.90 bits per heavy atom. The van der Waals surface area contributed by atoms with Crippen LogP contribution in [0.2, 0.25) is 0 Å². The van der Waals surface area contributed by atoms with E-state index in [1.54, 1.807) is 7.05 Å². The van der Waals surface area contributed by atoms with E-state index in [4.69, 9.17) is 9.47 Å². The Balaban J connectivity index is 0.00000300. The van der Waals surface area contributed by atoms with Gasteiger partial charge in [-0.25, -0.2) is 4.39 Å². The molecule has 1 atom stereocenters. The number of hydrogen-bond acceptors (Lipinski definition) is 4. The van der Waals surface area contributed by atoms with Gasteiger partial charge in [0, 0.05) is 33.2 Å². The third-order valence-electron chi connectivity index (χ3n) is 5.22. The molecular formula is C21H32FIN4O2. The van der Waals surface area contributed by atoms with Gasteiger partial charge in [0.05, 0.1) is 32.5 Å². The van der Waals surface area contributed by atoms with Crippen molar-refractivity contribution < 1.29 is 13.9 Å². The molecule has 0 radical (unpaired) electrons. The van der Waals surface area contributed by atoms with Gasteiger partial charge in [-0.3, -0.25) is 9.89 Å². The molecule has 3 rings (SSSR count). The topological polar surface area (TPSA) is 58.1 Å². The quantitative estimate of drug-likeness (QED) is 0.252. The number of halogens is 2. The van der Waals surface area contributed by atoms with Gasteiger partial charge in [-0.1, -0.05) is 23.8 Å². The predicted molar refractivity (Wildman–Crippen MR) is 124 cm³/mol. The second kappa shape index (κ2) is 13.1. The van der Waals surface area contributed by atoms with Crippen molar-refractivity contribution in [2.45, 2.75) is 18.9 Å². The Hall–Kier alpha value is -1.23. The maximum atomic E-state index is 13.4. The van der Waals surface area contributed by atoms with Crippen molar-refractivity contribution in [1.29, 1.82) is 0 Å². The van der Waals surface area contributed by atoms with Crippen LogP contribution in [0.25, 0.3) is 0 Å². The number of nitrogens with zero attached hydrogens (tertiary/aromatic N) is 2. The van der Waals surface area contributed by atoms with Crippen LogP contribution in [-0.4, -0.2) is 70.5 Å². The van der Waals surface area contributed by atoms with Crippen LogP contribution in [0.4, 0.5) is 4.39 Å². The molecule has 0 aliphatic carbocycles. The van der Waals surface area contributed by atoms with E-state index < -0.39 is 0 Å². The molecule has 29 heavy (non-hydrogen) atoms. The zero-order valence-corrected chi connectivity index (χ0v) is 19.4. The van der Waals surface area contributed by atoms with E-state index in [-0.39, 0.29) is 35.8 Å². The highest BCUT2D eigenvalue weighted by Gasteiger charge is 2.23. The van der Waals surface area contributed by atoms with Crippen LogP contribution in [0.3, 0.4) is 0 Å². The first-order valence-electron chi connectivity index (χ1n) is 10.0. The molecule has 2 aliphatic rings. The molecule has 0 saturated carbocycles. The second-order valence-corrected chi connectivity index (χ2v) is 7.03. The van der Waals surface area contributed by atoms with Crippen molar-refractivity contribution in [3.63, 3.8) is 0 Å². The molecule has 8 heteroatoms. The summed E-state index contributed by atoms with van der Waals surface area (Å²) >= 11 is 0. The number of aliphatic imine (C=N–C) groups is 1. The maximum Gasteiger partial charge on any atom is 0.191 e. The minimum absolute atomic E-state index is 0. The predicted octanol–water partition coefficient (Wildman–Crippen LogP) is 2.72. The van der Waals surface area contributed by atoms with E-state index in [0.717, 1.165) is 70.4 Å². The highest BCUT2D eigenvalue weighted by Crippen LogP contribution is 2.21. The smallest absolute Gasteiger partial charge is 0.191 e. The molecule has 162 valence electrons. The van der Waals surface area contributed by atoms with E-state index in [9.17, 15) is 4.39 Å². The first-order chi connectivity index (χ1) is 13.8.